The summed E-state index contributed by atoms with van der Waals surface area (Å²) in [5.41, 5.74) is 4.85. The molecule has 0 heterocycles. The van der Waals surface area contributed by atoms with Crippen LogP contribution in [0.5, 0.6) is 0 Å². The molecule has 0 aromatic heterocycles. The predicted molar refractivity (Wildman–Crippen MR) is 63.3 cm³/mol. The van der Waals surface area contributed by atoms with Gasteiger partial charge < -0.3 is 5.43 Å². The Labute approximate surface area is 93.4 Å². The van der Waals surface area contributed by atoms with Gasteiger partial charge in [0.25, 0.3) is 0 Å². The summed E-state index contributed by atoms with van der Waals surface area (Å²) in [6.45, 7) is 4.31. The van der Waals surface area contributed by atoms with Gasteiger partial charge in [-0.05, 0) is 29.7 Å². The zero-order valence-electron chi connectivity index (χ0n) is 7.67. The second-order valence-corrected chi connectivity index (χ2v) is 3.99. The zero-order chi connectivity index (χ0) is 9.14. The van der Waals surface area contributed by atoms with Crippen molar-refractivity contribution >= 4 is 34.0 Å². The van der Waals surface area contributed by atoms with E-state index in [4.69, 9.17) is 5.84 Å². The first-order valence-electron chi connectivity index (χ1n) is 3.90. The van der Waals surface area contributed by atoms with Crippen molar-refractivity contribution < 1.29 is 0 Å². The molecule has 0 aliphatic rings. The number of nitrogens with one attached hydrogen (secondary N) is 1. The van der Waals surface area contributed by atoms with E-state index in [-0.39, 0.29) is 12.4 Å². The topological polar surface area (TPSA) is 38.0 Å². The lowest BCUT2D eigenvalue weighted by molar-refractivity contribution is 0.866. The average molecular weight is 266 g/mol. The van der Waals surface area contributed by atoms with Crippen molar-refractivity contribution in [2.24, 2.45) is 5.84 Å². The first-order chi connectivity index (χ1) is 5.63. The molecular weight excluding hydrogens is 251 g/mol. The molecule has 0 spiro atoms. The van der Waals surface area contributed by atoms with Crippen LogP contribution in [0, 0.1) is 0 Å². The molecule has 1 aromatic rings. The van der Waals surface area contributed by atoms with Crippen LogP contribution < -0.4 is 11.3 Å². The van der Waals surface area contributed by atoms with Crippen molar-refractivity contribution in [3.63, 3.8) is 0 Å². The Kier molecular flexibility index (Phi) is 5.37. The second-order valence-electron chi connectivity index (χ2n) is 3.07. The summed E-state index contributed by atoms with van der Waals surface area (Å²) in [4.78, 5) is 0. The van der Waals surface area contributed by atoms with Crippen LogP contribution in [0.2, 0.25) is 0 Å². The maximum Gasteiger partial charge on any atom is 0.0499 e. The minimum absolute atomic E-state index is 0. The number of rotatable bonds is 2. The highest BCUT2D eigenvalue weighted by atomic mass is 79.9. The lowest BCUT2D eigenvalue weighted by atomic mass is 10.0. The van der Waals surface area contributed by atoms with Gasteiger partial charge in [-0.15, -0.1) is 12.4 Å². The molecule has 0 unspecified atom stereocenters. The molecule has 0 amide bonds. The number of nitrogen functional groups attached to an aromatic ring is 1. The van der Waals surface area contributed by atoms with Crippen LogP contribution in [0.15, 0.2) is 22.7 Å². The maximum atomic E-state index is 5.32. The molecule has 4 heteroatoms. The smallest absolute Gasteiger partial charge is 0.0499 e. The number of nitrogens with two attached hydrogens (primary N) is 1. The molecular formula is C9H14BrClN2. The standard InChI is InChI=1S/C9H13BrN2.ClH/c1-6(2)7-3-8(10)5-9(4-7)12-11;/h3-6,12H,11H2,1-2H3;1H. The van der Waals surface area contributed by atoms with E-state index in [9.17, 15) is 0 Å². The zero-order valence-corrected chi connectivity index (χ0v) is 10.1. The van der Waals surface area contributed by atoms with E-state index in [1.807, 2.05) is 6.07 Å². The summed E-state index contributed by atoms with van der Waals surface area (Å²) in [5.74, 6) is 5.84. The Morgan fingerprint density at radius 2 is 1.92 bits per heavy atom. The number of halogens is 2. The first kappa shape index (κ1) is 12.8. The quantitative estimate of drug-likeness (QED) is 0.636. The van der Waals surface area contributed by atoms with Gasteiger partial charge in [-0.1, -0.05) is 29.8 Å². The summed E-state index contributed by atoms with van der Waals surface area (Å²) < 4.78 is 1.06. The SMILES string of the molecule is CC(C)c1cc(Br)cc(NN)c1.Cl. The summed E-state index contributed by atoms with van der Waals surface area (Å²) in [5, 5.41) is 0. The van der Waals surface area contributed by atoms with Crippen molar-refractivity contribution in [2.75, 3.05) is 5.43 Å². The number of hydrazine groups is 1. The van der Waals surface area contributed by atoms with E-state index < -0.39 is 0 Å². The van der Waals surface area contributed by atoms with Crippen LogP contribution in [-0.4, -0.2) is 0 Å². The van der Waals surface area contributed by atoms with Crippen LogP contribution in [0.25, 0.3) is 0 Å². The molecule has 0 saturated carbocycles. The van der Waals surface area contributed by atoms with Gasteiger partial charge in [-0.3, -0.25) is 5.84 Å². The average Bonchev–Trinajstić information content (AvgIpc) is 2.03. The molecule has 1 aromatic carbocycles. The normalized spacial score (nSPS) is 9.62. The van der Waals surface area contributed by atoms with Crippen LogP contribution >= 0.6 is 28.3 Å². The first-order valence-corrected chi connectivity index (χ1v) is 4.70. The number of hydrogen-bond donors (Lipinski definition) is 2. The number of anilines is 1. The fourth-order valence-corrected chi connectivity index (χ4v) is 1.54. The molecule has 0 aliphatic carbocycles. The molecule has 74 valence electrons. The molecule has 0 aliphatic heterocycles. The lowest BCUT2D eigenvalue weighted by Crippen LogP contribution is -2.07. The Morgan fingerprint density at radius 1 is 1.31 bits per heavy atom. The highest BCUT2D eigenvalue weighted by Crippen LogP contribution is 2.23. The molecule has 1 rings (SSSR count). The molecule has 2 nitrogen and oxygen atoms in total. The molecule has 0 radical (unpaired) electrons. The van der Waals surface area contributed by atoms with Gasteiger partial charge in [0.1, 0.15) is 0 Å². The van der Waals surface area contributed by atoms with Crippen molar-refractivity contribution in [3.05, 3.63) is 28.2 Å². The Hall–Kier alpha value is -0.250. The van der Waals surface area contributed by atoms with Crippen LogP contribution in [0.4, 0.5) is 5.69 Å². The van der Waals surface area contributed by atoms with E-state index in [1.54, 1.807) is 0 Å². The number of benzene rings is 1. The summed E-state index contributed by atoms with van der Waals surface area (Å²) in [6, 6.07) is 6.10. The fraction of sp³-hybridized carbons (Fsp3) is 0.333. The van der Waals surface area contributed by atoms with Gasteiger partial charge in [0.05, 0.1) is 0 Å². The molecule has 0 fully saturated rings. The van der Waals surface area contributed by atoms with Gasteiger partial charge in [-0.2, -0.15) is 0 Å². The van der Waals surface area contributed by atoms with Crippen molar-refractivity contribution in [1.82, 2.24) is 0 Å². The van der Waals surface area contributed by atoms with Crippen LogP contribution in [-0.2, 0) is 0 Å². The van der Waals surface area contributed by atoms with Gasteiger partial charge in [-0.25, -0.2) is 0 Å². The van der Waals surface area contributed by atoms with Gasteiger partial charge in [0.15, 0.2) is 0 Å². The van der Waals surface area contributed by atoms with Gasteiger partial charge >= 0.3 is 0 Å². The van der Waals surface area contributed by atoms with E-state index in [0.717, 1.165) is 10.2 Å². The maximum absolute atomic E-state index is 5.32. The third-order valence-electron chi connectivity index (χ3n) is 1.75. The lowest BCUT2D eigenvalue weighted by Gasteiger charge is -2.08. The van der Waals surface area contributed by atoms with Crippen molar-refractivity contribution in [3.8, 4) is 0 Å². The summed E-state index contributed by atoms with van der Waals surface area (Å²) in [7, 11) is 0. The summed E-state index contributed by atoms with van der Waals surface area (Å²) in [6.07, 6.45) is 0. The van der Waals surface area contributed by atoms with E-state index in [2.05, 4.69) is 47.3 Å². The monoisotopic (exact) mass is 264 g/mol. The van der Waals surface area contributed by atoms with Crippen LogP contribution in [0.3, 0.4) is 0 Å². The largest absolute Gasteiger partial charge is 0.324 e. The van der Waals surface area contributed by atoms with E-state index in [1.165, 1.54) is 5.56 Å². The van der Waals surface area contributed by atoms with E-state index >= 15 is 0 Å². The van der Waals surface area contributed by atoms with Crippen molar-refractivity contribution in [1.29, 1.82) is 0 Å². The highest BCUT2D eigenvalue weighted by Gasteiger charge is 2.01. The highest BCUT2D eigenvalue weighted by molar-refractivity contribution is 9.10. The minimum atomic E-state index is 0. The van der Waals surface area contributed by atoms with Gasteiger partial charge in [0.2, 0.25) is 0 Å². The molecule has 13 heavy (non-hydrogen) atoms. The van der Waals surface area contributed by atoms with Crippen LogP contribution in [0.1, 0.15) is 25.3 Å². The third-order valence-corrected chi connectivity index (χ3v) is 2.21. The molecule has 0 saturated heterocycles. The summed E-state index contributed by atoms with van der Waals surface area (Å²) >= 11 is 3.43. The second kappa shape index (κ2) is 5.47. The Morgan fingerprint density at radius 3 is 2.38 bits per heavy atom. The molecule has 0 atom stereocenters. The number of hydrogen-bond acceptors (Lipinski definition) is 2. The third kappa shape index (κ3) is 3.55. The molecule has 3 N–H and O–H groups in total. The van der Waals surface area contributed by atoms with Gasteiger partial charge in [0, 0.05) is 10.2 Å². The Bertz CT molecular complexity index is 276. The molecule has 0 bridgehead atoms. The Balaban J connectivity index is 0.00000144. The predicted octanol–water partition coefficient (Wildman–Crippen LogP) is 3.28. The minimum Gasteiger partial charge on any atom is -0.324 e. The van der Waals surface area contributed by atoms with E-state index in [0.29, 0.717) is 5.92 Å². The fourth-order valence-electron chi connectivity index (χ4n) is 1.03. The van der Waals surface area contributed by atoms with Crippen molar-refractivity contribution in [2.45, 2.75) is 19.8 Å².